The first-order valence-electron chi connectivity index (χ1n) is 8.45. The molecular formula is C18H29FN4O. The van der Waals surface area contributed by atoms with E-state index in [1.165, 1.54) is 6.07 Å². The number of carbonyl (C=O) groups excluding carboxylic acids is 1. The molecule has 0 aliphatic carbocycles. The van der Waals surface area contributed by atoms with E-state index in [2.05, 4.69) is 10.3 Å². The first-order valence-corrected chi connectivity index (χ1v) is 8.45. The highest BCUT2D eigenvalue weighted by Gasteiger charge is 2.15. The van der Waals surface area contributed by atoms with E-state index < -0.39 is 0 Å². The van der Waals surface area contributed by atoms with Crippen LogP contribution in [0.4, 0.5) is 4.39 Å². The van der Waals surface area contributed by atoms with Gasteiger partial charge < -0.3 is 15.1 Å². The van der Waals surface area contributed by atoms with Crippen LogP contribution >= 0.6 is 0 Å². The van der Waals surface area contributed by atoms with Gasteiger partial charge in [-0.25, -0.2) is 9.38 Å². The summed E-state index contributed by atoms with van der Waals surface area (Å²) in [4.78, 5) is 20.3. The van der Waals surface area contributed by atoms with Crippen molar-refractivity contribution in [2.75, 3.05) is 33.2 Å². The van der Waals surface area contributed by atoms with E-state index >= 15 is 0 Å². The number of hydrogen-bond acceptors (Lipinski definition) is 2. The summed E-state index contributed by atoms with van der Waals surface area (Å²) in [5.74, 6) is 0.478. The summed E-state index contributed by atoms with van der Waals surface area (Å²) < 4.78 is 13.6. The van der Waals surface area contributed by atoms with Gasteiger partial charge in [0.05, 0.1) is 13.1 Å². The number of rotatable bonds is 7. The van der Waals surface area contributed by atoms with Crippen LogP contribution in [-0.2, 0) is 11.3 Å². The quantitative estimate of drug-likeness (QED) is 0.614. The third-order valence-corrected chi connectivity index (χ3v) is 3.83. The standard InChI is InChI=1S/C18H29FN4O/c1-6-20-18(22(5)13-17(24)23(7-2)8-3)21-12-15-10-9-14(4)16(19)11-15/h9-11H,6-8,12-13H2,1-5H3,(H,20,21). The predicted octanol–water partition coefficient (Wildman–Crippen LogP) is 2.40. The molecule has 0 aromatic heterocycles. The van der Waals surface area contributed by atoms with Gasteiger partial charge in [0.25, 0.3) is 0 Å². The van der Waals surface area contributed by atoms with Gasteiger partial charge in [0, 0.05) is 26.7 Å². The Hall–Kier alpha value is -2.11. The van der Waals surface area contributed by atoms with Crippen molar-refractivity contribution < 1.29 is 9.18 Å². The van der Waals surface area contributed by atoms with E-state index in [4.69, 9.17) is 0 Å². The molecule has 1 N–H and O–H groups in total. The number of benzene rings is 1. The summed E-state index contributed by atoms with van der Waals surface area (Å²) in [5, 5.41) is 3.17. The summed E-state index contributed by atoms with van der Waals surface area (Å²) in [6.07, 6.45) is 0. The summed E-state index contributed by atoms with van der Waals surface area (Å²) in [6, 6.07) is 5.12. The predicted molar refractivity (Wildman–Crippen MR) is 96.5 cm³/mol. The van der Waals surface area contributed by atoms with E-state index in [9.17, 15) is 9.18 Å². The summed E-state index contributed by atoms with van der Waals surface area (Å²) in [5.41, 5.74) is 1.42. The van der Waals surface area contributed by atoms with Crippen LogP contribution in [0.2, 0.25) is 0 Å². The number of halogens is 1. The Morgan fingerprint density at radius 3 is 2.46 bits per heavy atom. The Bertz CT molecular complexity index is 570. The van der Waals surface area contributed by atoms with Crippen molar-refractivity contribution >= 4 is 11.9 Å². The van der Waals surface area contributed by atoms with Crippen LogP contribution in [0.3, 0.4) is 0 Å². The van der Waals surface area contributed by atoms with Crippen LogP contribution in [0.15, 0.2) is 23.2 Å². The smallest absolute Gasteiger partial charge is 0.242 e. The Kier molecular flexibility index (Phi) is 8.22. The first-order chi connectivity index (χ1) is 11.4. The van der Waals surface area contributed by atoms with E-state index in [-0.39, 0.29) is 18.3 Å². The summed E-state index contributed by atoms with van der Waals surface area (Å²) in [6.45, 7) is 10.3. The van der Waals surface area contributed by atoms with Crippen LogP contribution in [0.1, 0.15) is 31.9 Å². The third kappa shape index (κ3) is 5.83. The fourth-order valence-corrected chi connectivity index (χ4v) is 2.32. The number of likely N-dealkylation sites (N-methyl/N-ethyl adjacent to an activating group) is 2. The minimum atomic E-state index is -0.224. The maximum absolute atomic E-state index is 13.6. The van der Waals surface area contributed by atoms with Crippen molar-refractivity contribution in [3.8, 4) is 0 Å². The van der Waals surface area contributed by atoms with E-state index in [1.807, 2.05) is 33.9 Å². The Morgan fingerprint density at radius 1 is 1.25 bits per heavy atom. The molecule has 0 radical (unpaired) electrons. The Morgan fingerprint density at radius 2 is 1.92 bits per heavy atom. The molecule has 0 aliphatic rings. The topological polar surface area (TPSA) is 47.9 Å². The minimum absolute atomic E-state index is 0.0643. The molecule has 1 amide bonds. The lowest BCUT2D eigenvalue weighted by molar-refractivity contribution is -0.131. The molecule has 0 aliphatic heterocycles. The number of hydrogen-bond donors (Lipinski definition) is 1. The van der Waals surface area contributed by atoms with Gasteiger partial charge in [0.1, 0.15) is 5.82 Å². The second kappa shape index (κ2) is 9.90. The zero-order valence-corrected chi connectivity index (χ0v) is 15.4. The van der Waals surface area contributed by atoms with Gasteiger partial charge in [-0.15, -0.1) is 0 Å². The number of aliphatic imine (C=N–C) groups is 1. The lowest BCUT2D eigenvalue weighted by atomic mass is 10.1. The second-order valence-corrected chi connectivity index (χ2v) is 5.68. The molecule has 0 unspecified atom stereocenters. The minimum Gasteiger partial charge on any atom is -0.357 e. The number of nitrogens with zero attached hydrogens (tertiary/aromatic N) is 3. The van der Waals surface area contributed by atoms with Gasteiger partial charge >= 0.3 is 0 Å². The van der Waals surface area contributed by atoms with Crippen LogP contribution in [0.25, 0.3) is 0 Å². The number of aryl methyl sites for hydroxylation is 1. The highest BCUT2D eigenvalue weighted by Crippen LogP contribution is 2.10. The average Bonchev–Trinajstić information content (AvgIpc) is 2.55. The summed E-state index contributed by atoms with van der Waals surface area (Å²) >= 11 is 0. The monoisotopic (exact) mass is 336 g/mol. The highest BCUT2D eigenvalue weighted by atomic mass is 19.1. The SMILES string of the molecule is CCNC(=NCc1ccc(C)c(F)c1)N(C)CC(=O)N(CC)CC. The van der Waals surface area contributed by atoms with Gasteiger partial charge in [-0.3, -0.25) is 4.79 Å². The fraction of sp³-hybridized carbons (Fsp3) is 0.556. The van der Waals surface area contributed by atoms with Crippen molar-refractivity contribution in [2.45, 2.75) is 34.2 Å². The molecule has 24 heavy (non-hydrogen) atoms. The lowest BCUT2D eigenvalue weighted by Gasteiger charge is -2.25. The first kappa shape index (κ1) is 19.9. The van der Waals surface area contributed by atoms with Crippen molar-refractivity contribution in [2.24, 2.45) is 4.99 Å². The molecule has 0 fully saturated rings. The molecule has 0 heterocycles. The van der Waals surface area contributed by atoms with E-state index in [0.717, 1.165) is 5.56 Å². The summed E-state index contributed by atoms with van der Waals surface area (Å²) in [7, 11) is 1.83. The van der Waals surface area contributed by atoms with Crippen molar-refractivity contribution in [1.29, 1.82) is 0 Å². The van der Waals surface area contributed by atoms with Crippen molar-refractivity contribution in [3.63, 3.8) is 0 Å². The van der Waals surface area contributed by atoms with Gasteiger partial charge in [0.2, 0.25) is 5.91 Å². The molecule has 1 aromatic rings. The number of nitrogens with one attached hydrogen (secondary N) is 1. The third-order valence-electron chi connectivity index (χ3n) is 3.83. The maximum Gasteiger partial charge on any atom is 0.242 e. The largest absolute Gasteiger partial charge is 0.357 e. The molecule has 5 nitrogen and oxygen atoms in total. The molecule has 6 heteroatoms. The molecule has 0 saturated heterocycles. The number of amides is 1. The molecular weight excluding hydrogens is 307 g/mol. The molecule has 0 spiro atoms. The van der Waals surface area contributed by atoms with Crippen molar-refractivity contribution in [1.82, 2.24) is 15.1 Å². The lowest BCUT2D eigenvalue weighted by Crippen LogP contribution is -2.45. The molecule has 0 saturated carbocycles. The maximum atomic E-state index is 13.6. The molecule has 134 valence electrons. The normalized spacial score (nSPS) is 11.3. The van der Waals surface area contributed by atoms with Crippen LogP contribution in [0.5, 0.6) is 0 Å². The van der Waals surface area contributed by atoms with Crippen LogP contribution < -0.4 is 5.32 Å². The molecule has 1 aromatic carbocycles. The Labute approximate surface area is 144 Å². The van der Waals surface area contributed by atoms with Gasteiger partial charge in [0.15, 0.2) is 5.96 Å². The second-order valence-electron chi connectivity index (χ2n) is 5.68. The zero-order valence-electron chi connectivity index (χ0n) is 15.4. The number of guanidine groups is 1. The Balaban J connectivity index is 2.80. The molecule has 0 atom stereocenters. The zero-order chi connectivity index (χ0) is 18.1. The van der Waals surface area contributed by atoms with Gasteiger partial charge in [-0.2, -0.15) is 0 Å². The van der Waals surface area contributed by atoms with Crippen LogP contribution in [0, 0.1) is 12.7 Å². The molecule has 1 rings (SSSR count). The number of carbonyl (C=O) groups is 1. The van der Waals surface area contributed by atoms with Gasteiger partial charge in [-0.1, -0.05) is 12.1 Å². The fourth-order valence-electron chi connectivity index (χ4n) is 2.32. The van der Waals surface area contributed by atoms with Crippen LogP contribution in [-0.4, -0.2) is 54.9 Å². The van der Waals surface area contributed by atoms with Crippen molar-refractivity contribution in [3.05, 3.63) is 35.1 Å². The highest BCUT2D eigenvalue weighted by molar-refractivity contribution is 5.86. The van der Waals surface area contributed by atoms with Gasteiger partial charge in [-0.05, 0) is 44.9 Å². The average molecular weight is 336 g/mol. The van der Waals surface area contributed by atoms with E-state index in [0.29, 0.717) is 37.7 Å². The van der Waals surface area contributed by atoms with E-state index in [1.54, 1.807) is 22.8 Å². The molecule has 0 bridgehead atoms.